The molecule has 0 saturated carbocycles. The molecule has 2 aromatic carbocycles. The monoisotopic (exact) mass is 435 g/mol. The van der Waals surface area contributed by atoms with Gasteiger partial charge in [0.05, 0.1) is 17.1 Å². The van der Waals surface area contributed by atoms with Gasteiger partial charge in [-0.15, -0.1) is 0 Å². The molecule has 162 valence electrons. The minimum Gasteiger partial charge on any atom is -0.364 e. The molecule has 1 amide bonds. The highest BCUT2D eigenvalue weighted by Crippen LogP contribution is 2.35. The van der Waals surface area contributed by atoms with E-state index < -0.39 is 5.91 Å². The van der Waals surface area contributed by atoms with E-state index in [2.05, 4.69) is 44.6 Å². The number of hydrogen-bond acceptors (Lipinski definition) is 5. The summed E-state index contributed by atoms with van der Waals surface area (Å²) < 4.78 is 1.68. The lowest BCUT2D eigenvalue weighted by atomic mass is 9.93. The number of para-hydroxylation sites is 2. The lowest BCUT2D eigenvalue weighted by Gasteiger charge is -2.18. The fourth-order valence-corrected chi connectivity index (χ4v) is 4.58. The second-order valence-electron chi connectivity index (χ2n) is 8.17. The van der Waals surface area contributed by atoms with Crippen LogP contribution in [0.2, 0.25) is 0 Å². The summed E-state index contributed by atoms with van der Waals surface area (Å²) in [6.45, 7) is 0. The molecule has 1 aliphatic rings. The first-order valence-electron chi connectivity index (χ1n) is 10.7. The number of carbonyl (C=O) groups is 1. The fourth-order valence-electron chi connectivity index (χ4n) is 4.58. The van der Waals surface area contributed by atoms with Crippen LogP contribution in [0, 0.1) is 0 Å². The molecule has 4 N–H and O–H groups in total. The number of anilines is 2. The molecule has 8 nitrogen and oxygen atoms in total. The van der Waals surface area contributed by atoms with Crippen molar-refractivity contribution >= 4 is 28.4 Å². The molecule has 0 atom stereocenters. The first kappa shape index (κ1) is 19.2. The molecular weight excluding hydrogens is 414 g/mol. The van der Waals surface area contributed by atoms with E-state index in [0.717, 1.165) is 56.8 Å². The third kappa shape index (κ3) is 3.15. The van der Waals surface area contributed by atoms with Crippen molar-refractivity contribution in [3.8, 4) is 22.6 Å². The molecule has 0 spiro atoms. The topological polar surface area (TPSA) is 115 Å². The van der Waals surface area contributed by atoms with Crippen LogP contribution >= 0.6 is 0 Å². The number of primary amides is 1. The first-order valence-corrected chi connectivity index (χ1v) is 10.7. The second kappa shape index (κ2) is 7.30. The van der Waals surface area contributed by atoms with Gasteiger partial charge >= 0.3 is 0 Å². The Morgan fingerprint density at radius 3 is 2.79 bits per heavy atom. The Balaban J connectivity index is 1.41. The minimum atomic E-state index is -0.519. The van der Waals surface area contributed by atoms with Crippen molar-refractivity contribution in [3.63, 3.8) is 0 Å². The van der Waals surface area contributed by atoms with Crippen LogP contribution in [0.4, 0.5) is 11.6 Å². The van der Waals surface area contributed by atoms with Crippen molar-refractivity contribution in [2.45, 2.75) is 12.8 Å². The summed E-state index contributed by atoms with van der Waals surface area (Å²) in [5.41, 5.74) is 13.3. The molecule has 0 radical (unpaired) electrons. The molecule has 0 saturated heterocycles. The number of hydrogen-bond donors (Lipinski definition) is 3. The maximum absolute atomic E-state index is 11.8. The van der Waals surface area contributed by atoms with Crippen LogP contribution in [0.5, 0.6) is 0 Å². The number of aryl methyl sites for hydroxylation is 2. The average molecular weight is 435 g/mol. The quantitative estimate of drug-likeness (QED) is 0.395. The number of nitrogens with one attached hydrogen (secondary N) is 2. The van der Waals surface area contributed by atoms with E-state index in [0.29, 0.717) is 18.1 Å². The number of benzene rings is 2. The van der Waals surface area contributed by atoms with E-state index in [1.807, 2.05) is 36.5 Å². The molecule has 5 aromatic rings. The Hall–Kier alpha value is -4.46. The highest BCUT2D eigenvalue weighted by atomic mass is 16.1. The van der Waals surface area contributed by atoms with Crippen molar-refractivity contribution in [3.05, 3.63) is 77.6 Å². The summed E-state index contributed by atoms with van der Waals surface area (Å²) in [6.07, 6.45) is 3.27. The summed E-state index contributed by atoms with van der Waals surface area (Å²) in [5.74, 6) is -0.0399. The van der Waals surface area contributed by atoms with Crippen molar-refractivity contribution in [2.75, 3.05) is 5.32 Å². The van der Waals surface area contributed by atoms with Crippen molar-refractivity contribution in [1.82, 2.24) is 24.7 Å². The summed E-state index contributed by atoms with van der Waals surface area (Å²) in [5, 5.41) is 8.87. The van der Waals surface area contributed by atoms with Gasteiger partial charge in [0.2, 0.25) is 5.95 Å². The van der Waals surface area contributed by atoms with Crippen molar-refractivity contribution < 1.29 is 4.79 Å². The third-order valence-corrected chi connectivity index (χ3v) is 6.11. The van der Waals surface area contributed by atoms with Crippen LogP contribution in [-0.2, 0) is 19.9 Å². The Morgan fingerprint density at radius 2 is 1.94 bits per heavy atom. The van der Waals surface area contributed by atoms with E-state index >= 15 is 0 Å². The van der Waals surface area contributed by atoms with Crippen LogP contribution in [0.3, 0.4) is 0 Å². The molecule has 0 fully saturated rings. The van der Waals surface area contributed by atoms with Gasteiger partial charge in [-0.25, -0.2) is 9.97 Å². The normalized spacial score (nSPS) is 12.4. The smallest absolute Gasteiger partial charge is 0.269 e. The van der Waals surface area contributed by atoms with E-state index in [-0.39, 0.29) is 0 Å². The maximum atomic E-state index is 11.8. The van der Waals surface area contributed by atoms with E-state index in [9.17, 15) is 4.79 Å². The maximum Gasteiger partial charge on any atom is 0.269 e. The molecular formula is C25H21N7O. The standard InChI is InChI=1S/C25H21N7O/c1-32-23-17(22(31-32)24(26)33)11-10-15-13-27-25(30-21(15)23)29-19-9-5-3-7-16(19)20-12-14-6-2-4-8-18(14)28-20/h2-9,12-13,28H,10-11H2,1H3,(H2,26,33)(H,27,29,30). The van der Waals surface area contributed by atoms with Crippen LogP contribution in [0.15, 0.2) is 60.8 Å². The number of nitrogens with zero attached hydrogens (tertiary/aromatic N) is 4. The number of rotatable bonds is 4. The zero-order chi connectivity index (χ0) is 22.5. The van der Waals surface area contributed by atoms with Gasteiger partial charge in [0.25, 0.3) is 5.91 Å². The number of carbonyl (C=O) groups excluding carboxylic acids is 1. The fraction of sp³-hybridized carbons (Fsp3) is 0.120. The lowest BCUT2D eigenvalue weighted by molar-refractivity contribution is 0.0994. The first-order chi connectivity index (χ1) is 16.1. The van der Waals surface area contributed by atoms with Crippen LogP contribution in [0.1, 0.15) is 21.6 Å². The molecule has 0 aliphatic heterocycles. The lowest BCUT2D eigenvalue weighted by Crippen LogP contribution is -2.16. The van der Waals surface area contributed by atoms with E-state index in [1.54, 1.807) is 11.7 Å². The number of fused-ring (bicyclic) bond motifs is 4. The molecule has 33 heavy (non-hydrogen) atoms. The van der Waals surface area contributed by atoms with Crippen LogP contribution < -0.4 is 11.1 Å². The van der Waals surface area contributed by atoms with Gasteiger partial charge in [0.15, 0.2) is 5.69 Å². The van der Waals surface area contributed by atoms with Crippen LogP contribution in [-0.4, -0.2) is 30.6 Å². The van der Waals surface area contributed by atoms with Gasteiger partial charge in [0.1, 0.15) is 0 Å². The molecule has 8 heteroatoms. The Morgan fingerprint density at radius 1 is 1.12 bits per heavy atom. The summed E-state index contributed by atoms with van der Waals surface area (Å²) in [7, 11) is 1.81. The van der Waals surface area contributed by atoms with Gasteiger partial charge in [-0.05, 0) is 36.6 Å². The second-order valence-corrected chi connectivity index (χ2v) is 8.17. The number of aromatic amines is 1. The van der Waals surface area contributed by atoms with Crippen LogP contribution in [0.25, 0.3) is 33.5 Å². The zero-order valence-electron chi connectivity index (χ0n) is 18.0. The molecule has 0 unspecified atom stereocenters. The number of nitrogens with two attached hydrogens (primary N) is 1. The highest BCUT2D eigenvalue weighted by Gasteiger charge is 2.28. The number of aromatic nitrogens is 5. The van der Waals surface area contributed by atoms with Gasteiger partial charge in [-0.2, -0.15) is 5.10 Å². The van der Waals surface area contributed by atoms with Gasteiger partial charge in [-0.1, -0.05) is 36.4 Å². The SMILES string of the molecule is Cn1nc(C(N)=O)c2c1-c1nc(Nc3ccccc3-c3cc4ccccc4[nH]3)ncc1CC2. The zero-order valence-corrected chi connectivity index (χ0v) is 18.0. The largest absolute Gasteiger partial charge is 0.364 e. The van der Waals surface area contributed by atoms with Crippen molar-refractivity contribution in [2.24, 2.45) is 12.8 Å². The molecule has 1 aliphatic carbocycles. The summed E-state index contributed by atoms with van der Waals surface area (Å²) in [6, 6.07) is 18.4. The molecule has 3 aromatic heterocycles. The molecule has 3 heterocycles. The van der Waals surface area contributed by atoms with Crippen molar-refractivity contribution in [1.29, 1.82) is 0 Å². The molecule has 6 rings (SSSR count). The molecule has 0 bridgehead atoms. The van der Waals surface area contributed by atoms with E-state index in [1.165, 1.54) is 0 Å². The highest BCUT2D eigenvalue weighted by molar-refractivity contribution is 5.94. The van der Waals surface area contributed by atoms with Gasteiger partial charge in [-0.3, -0.25) is 9.48 Å². The Labute approximate surface area is 189 Å². The Kier molecular flexibility index (Phi) is 4.26. The summed E-state index contributed by atoms with van der Waals surface area (Å²) in [4.78, 5) is 24.7. The minimum absolute atomic E-state index is 0.315. The van der Waals surface area contributed by atoms with E-state index in [4.69, 9.17) is 10.7 Å². The average Bonchev–Trinajstić information content (AvgIpc) is 3.41. The summed E-state index contributed by atoms with van der Waals surface area (Å²) >= 11 is 0. The number of H-pyrrole nitrogens is 1. The predicted molar refractivity (Wildman–Crippen MR) is 127 cm³/mol. The van der Waals surface area contributed by atoms with Gasteiger partial charge < -0.3 is 16.0 Å². The van der Waals surface area contributed by atoms with Gasteiger partial charge in [0, 0.05) is 41.0 Å². The third-order valence-electron chi connectivity index (χ3n) is 6.11. The Bertz CT molecular complexity index is 1510. The predicted octanol–water partition coefficient (Wildman–Crippen LogP) is 3.97. The number of amides is 1.